The Labute approximate surface area is 121 Å². The van der Waals surface area contributed by atoms with Gasteiger partial charge in [-0.15, -0.1) is 5.10 Å². The normalized spacial score (nSPS) is 10.5. The van der Waals surface area contributed by atoms with E-state index in [1.165, 1.54) is 23.7 Å². The predicted molar refractivity (Wildman–Crippen MR) is 73.3 cm³/mol. The number of ether oxygens (including phenoxy) is 1. The molecule has 9 heteroatoms. The molecule has 0 aliphatic carbocycles. The number of nitro groups is 1. The molecule has 2 aromatic heterocycles. The van der Waals surface area contributed by atoms with Gasteiger partial charge in [-0.3, -0.25) is 15.1 Å². The predicted octanol–water partition coefficient (Wildman–Crippen LogP) is 2.21. The molecule has 0 fully saturated rings. The minimum Gasteiger partial charge on any atom is -0.419 e. The summed E-state index contributed by atoms with van der Waals surface area (Å²) in [5.74, 6) is -0.557. The molecule has 0 spiro atoms. The maximum atomic E-state index is 11.9. The van der Waals surface area contributed by atoms with Crippen molar-refractivity contribution in [3.8, 4) is 5.75 Å². The molecule has 8 nitrogen and oxygen atoms in total. The second-order valence-electron chi connectivity index (χ2n) is 3.92. The number of rotatable bonds is 3. The van der Waals surface area contributed by atoms with Crippen molar-refractivity contribution < 1.29 is 14.5 Å². The Bertz CT molecular complexity index is 834. The van der Waals surface area contributed by atoms with E-state index in [0.717, 1.165) is 11.5 Å². The average Bonchev–Trinajstić information content (AvgIpc) is 3.01. The van der Waals surface area contributed by atoms with Crippen LogP contribution in [0.3, 0.4) is 0 Å². The van der Waals surface area contributed by atoms with Crippen LogP contribution in [0, 0.1) is 10.1 Å². The second-order valence-corrected chi connectivity index (χ2v) is 4.53. The second kappa shape index (κ2) is 5.21. The van der Waals surface area contributed by atoms with Gasteiger partial charge >= 0.3 is 5.97 Å². The molecule has 0 bridgehead atoms. The van der Waals surface area contributed by atoms with Crippen LogP contribution in [0.1, 0.15) is 10.5 Å². The molecule has 0 N–H and O–H groups in total. The van der Waals surface area contributed by atoms with Crippen LogP contribution < -0.4 is 4.74 Å². The number of benzene rings is 1. The number of carbonyl (C=O) groups excluding carboxylic acids is 1. The third-order valence-corrected chi connectivity index (χ3v) is 3.18. The summed E-state index contributed by atoms with van der Waals surface area (Å²) >= 11 is 1.02. The molecule has 1 aromatic carbocycles. The van der Waals surface area contributed by atoms with E-state index in [-0.39, 0.29) is 22.6 Å². The van der Waals surface area contributed by atoms with E-state index in [9.17, 15) is 14.9 Å². The smallest absolute Gasteiger partial charge is 0.365 e. The third kappa shape index (κ3) is 2.41. The molecular weight excluding hydrogens is 296 g/mol. The highest BCUT2D eigenvalue weighted by Crippen LogP contribution is 2.31. The number of hydrogen-bond acceptors (Lipinski definition) is 8. The zero-order valence-corrected chi connectivity index (χ0v) is 11.1. The summed E-state index contributed by atoms with van der Waals surface area (Å²) in [6.45, 7) is 0. The van der Waals surface area contributed by atoms with Crippen LogP contribution in [0.25, 0.3) is 10.9 Å². The first-order valence-electron chi connectivity index (χ1n) is 5.68. The lowest BCUT2D eigenvalue weighted by Gasteiger charge is -2.06. The van der Waals surface area contributed by atoms with Gasteiger partial charge in [0.15, 0.2) is 11.4 Å². The summed E-state index contributed by atoms with van der Waals surface area (Å²) in [5, 5.41) is 16.3. The van der Waals surface area contributed by atoms with Gasteiger partial charge < -0.3 is 4.74 Å². The van der Waals surface area contributed by atoms with Gasteiger partial charge in [-0.05, 0) is 29.7 Å². The van der Waals surface area contributed by atoms with Gasteiger partial charge in [0, 0.05) is 17.6 Å². The molecule has 104 valence electrons. The van der Waals surface area contributed by atoms with Crippen molar-refractivity contribution in [3.63, 3.8) is 0 Å². The Morgan fingerprint density at radius 3 is 2.90 bits per heavy atom. The number of hydrogen-bond donors (Lipinski definition) is 0. The summed E-state index contributed by atoms with van der Waals surface area (Å²) < 4.78 is 8.76. The van der Waals surface area contributed by atoms with Crippen molar-refractivity contribution in [3.05, 3.63) is 51.7 Å². The summed E-state index contributed by atoms with van der Waals surface area (Å²) in [6.07, 6.45) is 1.47. The fraction of sp³-hybridized carbons (Fsp3) is 0. The quantitative estimate of drug-likeness (QED) is 0.316. The topological polar surface area (TPSA) is 108 Å². The number of pyridine rings is 1. The molecule has 0 aliphatic heterocycles. The van der Waals surface area contributed by atoms with Crippen molar-refractivity contribution in [2.75, 3.05) is 0 Å². The Morgan fingerprint density at radius 1 is 1.33 bits per heavy atom. The molecule has 3 rings (SSSR count). The molecular formula is C12H6N4O4S. The van der Waals surface area contributed by atoms with Gasteiger partial charge in [0.25, 0.3) is 5.69 Å². The molecule has 0 saturated heterocycles. The van der Waals surface area contributed by atoms with E-state index in [2.05, 4.69) is 14.6 Å². The molecule has 2 heterocycles. The zero-order chi connectivity index (χ0) is 14.8. The highest BCUT2D eigenvalue weighted by molar-refractivity contribution is 7.03. The monoisotopic (exact) mass is 302 g/mol. The summed E-state index contributed by atoms with van der Waals surface area (Å²) in [6, 6.07) is 5.73. The number of nitro benzene ring substituents is 1. The molecule has 0 unspecified atom stereocenters. The number of carbonyl (C=O) groups is 1. The van der Waals surface area contributed by atoms with Crippen LogP contribution in [-0.2, 0) is 0 Å². The van der Waals surface area contributed by atoms with Gasteiger partial charge in [0.05, 0.1) is 10.3 Å². The fourth-order valence-electron chi connectivity index (χ4n) is 1.78. The third-order valence-electron chi connectivity index (χ3n) is 2.68. The molecule has 0 saturated carbocycles. The van der Waals surface area contributed by atoms with Gasteiger partial charge in [0.2, 0.25) is 0 Å². The highest BCUT2D eigenvalue weighted by Gasteiger charge is 2.19. The van der Waals surface area contributed by atoms with Crippen LogP contribution in [0.2, 0.25) is 0 Å². The minimum absolute atomic E-state index is 0.0717. The van der Waals surface area contributed by atoms with Gasteiger partial charge in [0.1, 0.15) is 5.52 Å². The molecule has 0 radical (unpaired) electrons. The summed E-state index contributed by atoms with van der Waals surface area (Å²) in [4.78, 5) is 26.4. The summed E-state index contributed by atoms with van der Waals surface area (Å²) in [7, 11) is 0. The van der Waals surface area contributed by atoms with Crippen molar-refractivity contribution in [1.82, 2.24) is 14.6 Å². The lowest BCUT2D eigenvalue weighted by Crippen LogP contribution is -2.09. The SMILES string of the molecule is O=C(Oc1ccc([N+](=O)[O-])c2cccnc12)c1csnn1. The molecule has 0 atom stereocenters. The van der Waals surface area contributed by atoms with E-state index in [1.54, 1.807) is 12.1 Å². The van der Waals surface area contributed by atoms with Gasteiger partial charge in [-0.25, -0.2) is 4.79 Å². The van der Waals surface area contributed by atoms with Crippen LogP contribution in [0.5, 0.6) is 5.75 Å². The standard InChI is InChI=1S/C12H6N4O4S/c17-12(8-6-21-15-14-8)20-10-4-3-9(16(18)19)7-2-1-5-13-11(7)10/h1-6H. The van der Waals surface area contributed by atoms with Crippen molar-refractivity contribution in [2.45, 2.75) is 0 Å². The first kappa shape index (κ1) is 13.1. The van der Waals surface area contributed by atoms with Crippen molar-refractivity contribution in [1.29, 1.82) is 0 Å². The van der Waals surface area contributed by atoms with Gasteiger partial charge in [-0.1, -0.05) is 4.49 Å². The van der Waals surface area contributed by atoms with Gasteiger partial charge in [-0.2, -0.15) is 0 Å². The number of fused-ring (bicyclic) bond motifs is 1. The molecule has 3 aromatic rings. The number of esters is 1. The van der Waals surface area contributed by atoms with E-state index in [4.69, 9.17) is 4.74 Å². The van der Waals surface area contributed by atoms with Crippen LogP contribution in [0.4, 0.5) is 5.69 Å². The van der Waals surface area contributed by atoms with E-state index >= 15 is 0 Å². The molecule has 0 aliphatic rings. The number of aromatic nitrogens is 3. The summed E-state index contributed by atoms with van der Waals surface area (Å²) in [5.41, 5.74) is 0.207. The van der Waals surface area contributed by atoms with E-state index < -0.39 is 10.9 Å². The lowest BCUT2D eigenvalue weighted by molar-refractivity contribution is -0.383. The lowest BCUT2D eigenvalue weighted by atomic mass is 10.1. The highest BCUT2D eigenvalue weighted by atomic mass is 32.1. The Morgan fingerprint density at radius 2 is 2.19 bits per heavy atom. The zero-order valence-electron chi connectivity index (χ0n) is 10.3. The minimum atomic E-state index is -0.690. The van der Waals surface area contributed by atoms with Crippen molar-refractivity contribution in [2.24, 2.45) is 0 Å². The van der Waals surface area contributed by atoms with Crippen molar-refractivity contribution >= 4 is 34.1 Å². The van der Waals surface area contributed by atoms with Crippen LogP contribution >= 0.6 is 11.5 Å². The first-order chi connectivity index (χ1) is 10.2. The molecule has 0 amide bonds. The Balaban J connectivity index is 2.06. The number of non-ortho nitro benzene ring substituents is 1. The Kier molecular flexibility index (Phi) is 3.24. The first-order valence-corrected chi connectivity index (χ1v) is 6.52. The number of nitrogens with zero attached hydrogens (tertiary/aromatic N) is 4. The van der Waals surface area contributed by atoms with E-state index in [1.807, 2.05) is 0 Å². The maximum absolute atomic E-state index is 11.9. The Hall–Kier alpha value is -2.94. The van der Waals surface area contributed by atoms with Crippen LogP contribution in [-0.4, -0.2) is 25.5 Å². The maximum Gasteiger partial charge on any atom is 0.365 e. The fourth-order valence-corrected chi connectivity index (χ4v) is 2.20. The van der Waals surface area contributed by atoms with Crippen LogP contribution in [0.15, 0.2) is 35.8 Å². The average molecular weight is 302 g/mol. The largest absolute Gasteiger partial charge is 0.419 e. The molecule has 21 heavy (non-hydrogen) atoms. The van der Waals surface area contributed by atoms with E-state index in [0.29, 0.717) is 5.39 Å².